The van der Waals surface area contributed by atoms with Crippen molar-refractivity contribution in [2.24, 2.45) is 0 Å². The van der Waals surface area contributed by atoms with Crippen molar-refractivity contribution < 1.29 is 18.7 Å². The second kappa shape index (κ2) is 3.41. The lowest BCUT2D eigenvalue weighted by Crippen LogP contribution is -2.24. The Kier molecular flexibility index (Phi) is 2.66. The van der Waals surface area contributed by atoms with Gasteiger partial charge < -0.3 is 10.4 Å². The van der Waals surface area contributed by atoms with Crippen LogP contribution in [0.1, 0.15) is 12.8 Å². The number of carbonyl (C=O) groups is 1. The van der Waals surface area contributed by atoms with E-state index in [2.05, 4.69) is 11.9 Å². The van der Waals surface area contributed by atoms with Crippen LogP contribution in [-0.2, 0) is 4.79 Å². The monoisotopic (exact) mass is 191 g/mol. The number of nitrogens with one attached hydrogen (secondary N) is 1. The SMILES string of the molecule is C=C(CC(=O)O)[C@H]1CC(F)(F)CN1. The van der Waals surface area contributed by atoms with Crippen LogP contribution in [0.25, 0.3) is 0 Å². The maximum absolute atomic E-state index is 12.6. The van der Waals surface area contributed by atoms with Crippen LogP contribution in [-0.4, -0.2) is 29.6 Å². The average molecular weight is 191 g/mol. The van der Waals surface area contributed by atoms with Crippen molar-refractivity contribution in [2.75, 3.05) is 6.54 Å². The Morgan fingerprint density at radius 1 is 1.69 bits per heavy atom. The van der Waals surface area contributed by atoms with Gasteiger partial charge in [0, 0.05) is 12.5 Å². The third kappa shape index (κ3) is 2.77. The van der Waals surface area contributed by atoms with Gasteiger partial charge in [0.2, 0.25) is 0 Å². The van der Waals surface area contributed by atoms with E-state index in [1.807, 2.05) is 0 Å². The highest BCUT2D eigenvalue weighted by atomic mass is 19.3. The summed E-state index contributed by atoms with van der Waals surface area (Å²) in [6, 6.07) is -0.564. The first kappa shape index (κ1) is 10.1. The molecule has 0 bridgehead atoms. The fourth-order valence-corrected chi connectivity index (χ4v) is 1.32. The summed E-state index contributed by atoms with van der Waals surface area (Å²) >= 11 is 0. The van der Waals surface area contributed by atoms with Crippen LogP contribution < -0.4 is 5.32 Å². The average Bonchev–Trinajstić information content (AvgIpc) is 2.28. The highest BCUT2D eigenvalue weighted by Crippen LogP contribution is 2.28. The summed E-state index contributed by atoms with van der Waals surface area (Å²) in [6.45, 7) is 3.07. The molecule has 5 heteroatoms. The van der Waals surface area contributed by atoms with Crippen LogP contribution in [0.15, 0.2) is 12.2 Å². The number of hydrogen-bond acceptors (Lipinski definition) is 2. The maximum Gasteiger partial charge on any atom is 0.307 e. The van der Waals surface area contributed by atoms with Crippen LogP contribution in [0.2, 0.25) is 0 Å². The smallest absolute Gasteiger partial charge is 0.307 e. The molecule has 1 aliphatic rings. The standard InChI is InChI=1S/C8H11F2NO2/c1-5(2-7(12)13)6-3-8(9,10)4-11-6/h6,11H,1-4H2,(H,12,13)/t6-/m1/s1. The molecule has 0 amide bonds. The van der Waals surface area contributed by atoms with E-state index in [-0.39, 0.29) is 12.8 Å². The molecule has 2 N–H and O–H groups in total. The number of halogens is 2. The molecule has 0 aliphatic carbocycles. The van der Waals surface area contributed by atoms with Gasteiger partial charge in [-0.15, -0.1) is 0 Å². The Morgan fingerprint density at radius 2 is 2.31 bits per heavy atom. The molecule has 1 aliphatic heterocycles. The molecular weight excluding hydrogens is 180 g/mol. The van der Waals surface area contributed by atoms with Gasteiger partial charge in [-0.25, -0.2) is 8.78 Å². The van der Waals surface area contributed by atoms with E-state index in [1.165, 1.54) is 0 Å². The lowest BCUT2D eigenvalue weighted by atomic mass is 10.0. The first-order valence-corrected chi connectivity index (χ1v) is 3.91. The molecule has 0 unspecified atom stereocenters. The summed E-state index contributed by atoms with van der Waals surface area (Å²) in [5, 5.41) is 10.9. The Bertz CT molecular complexity index is 240. The number of aliphatic carboxylic acids is 1. The minimum atomic E-state index is -2.73. The summed E-state index contributed by atoms with van der Waals surface area (Å²) in [5.74, 6) is -3.77. The molecule has 0 aromatic heterocycles. The Labute approximate surface area is 74.4 Å². The van der Waals surface area contributed by atoms with Gasteiger partial charge in [0.1, 0.15) is 0 Å². The second-order valence-corrected chi connectivity index (χ2v) is 3.22. The predicted octanol–water partition coefficient (Wildman–Crippen LogP) is 1.01. The molecule has 1 heterocycles. The topological polar surface area (TPSA) is 49.3 Å². The summed E-state index contributed by atoms with van der Waals surface area (Å²) in [7, 11) is 0. The van der Waals surface area contributed by atoms with E-state index in [4.69, 9.17) is 5.11 Å². The lowest BCUT2D eigenvalue weighted by Gasteiger charge is -2.11. The van der Waals surface area contributed by atoms with Gasteiger partial charge in [0.05, 0.1) is 13.0 Å². The van der Waals surface area contributed by atoms with Crippen molar-refractivity contribution in [2.45, 2.75) is 24.8 Å². The van der Waals surface area contributed by atoms with E-state index in [0.717, 1.165) is 0 Å². The highest BCUT2D eigenvalue weighted by molar-refractivity contribution is 5.70. The summed E-state index contributed by atoms with van der Waals surface area (Å²) in [6.07, 6.45) is -0.604. The summed E-state index contributed by atoms with van der Waals surface area (Å²) in [4.78, 5) is 10.3. The van der Waals surface area contributed by atoms with Crippen LogP contribution >= 0.6 is 0 Å². The van der Waals surface area contributed by atoms with Crippen LogP contribution in [0, 0.1) is 0 Å². The lowest BCUT2D eigenvalue weighted by molar-refractivity contribution is -0.136. The third-order valence-electron chi connectivity index (χ3n) is 1.98. The molecule has 0 aromatic carbocycles. The fourth-order valence-electron chi connectivity index (χ4n) is 1.32. The van der Waals surface area contributed by atoms with Crippen LogP contribution in [0.5, 0.6) is 0 Å². The van der Waals surface area contributed by atoms with Gasteiger partial charge in [0.25, 0.3) is 5.92 Å². The van der Waals surface area contributed by atoms with E-state index >= 15 is 0 Å². The number of hydrogen-bond donors (Lipinski definition) is 2. The molecular formula is C8H11F2NO2. The molecule has 13 heavy (non-hydrogen) atoms. The number of rotatable bonds is 3. The first-order valence-electron chi connectivity index (χ1n) is 3.91. The molecule has 0 aromatic rings. The van der Waals surface area contributed by atoms with Crippen LogP contribution in [0.3, 0.4) is 0 Å². The molecule has 0 spiro atoms. The Morgan fingerprint density at radius 3 is 2.69 bits per heavy atom. The van der Waals surface area contributed by atoms with Gasteiger partial charge in [-0.3, -0.25) is 4.79 Å². The van der Waals surface area contributed by atoms with Gasteiger partial charge in [-0.05, 0) is 5.57 Å². The normalized spacial score (nSPS) is 25.8. The quantitative estimate of drug-likeness (QED) is 0.654. The molecule has 0 radical (unpaired) electrons. The minimum Gasteiger partial charge on any atom is -0.481 e. The summed E-state index contributed by atoms with van der Waals surface area (Å²) in [5.41, 5.74) is 0.310. The molecule has 1 atom stereocenters. The number of alkyl halides is 2. The van der Waals surface area contributed by atoms with E-state index in [0.29, 0.717) is 5.57 Å². The summed E-state index contributed by atoms with van der Waals surface area (Å²) < 4.78 is 25.3. The van der Waals surface area contributed by atoms with Crippen molar-refractivity contribution in [3.8, 4) is 0 Å². The van der Waals surface area contributed by atoms with Gasteiger partial charge in [-0.1, -0.05) is 6.58 Å². The van der Waals surface area contributed by atoms with E-state index < -0.39 is 24.5 Å². The molecule has 1 fully saturated rings. The van der Waals surface area contributed by atoms with Gasteiger partial charge >= 0.3 is 5.97 Å². The van der Waals surface area contributed by atoms with Crippen molar-refractivity contribution in [3.63, 3.8) is 0 Å². The molecule has 1 rings (SSSR count). The molecule has 0 saturated carbocycles. The zero-order valence-electron chi connectivity index (χ0n) is 7.02. The molecule has 1 saturated heterocycles. The largest absolute Gasteiger partial charge is 0.481 e. The van der Waals surface area contributed by atoms with Crippen molar-refractivity contribution in [1.82, 2.24) is 5.32 Å². The second-order valence-electron chi connectivity index (χ2n) is 3.22. The Hall–Kier alpha value is -0.970. The predicted molar refractivity (Wildman–Crippen MR) is 42.7 cm³/mol. The first-order chi connectivity index (χ1) is 5.91. The fraction of sp³-hybridized carbons (Fsp3) is 0.625. The van der Waals surface area contributed by atoms with Crippen molar-refractivity contribution in [1.29, 1.82) is 0 Å². The zero-order valence-corrected chi connectivity index (χ0v) is 7.02. The van der Waals surface area contributed by atoms with Gasteiger partial charge in [-0.2, -0.15) is 0 Å². The molecule has 3 nitrogen and oxygen atoms in total. The third-order valence-corrected chi connectivity index (χ3v) is 1.98. The highest BCUT2D eigenvalue weighted by Gasteiger charge is 2.40. The van der Waals surface area contributed by atoms with Gasteiger partial charge in [0.15, 0.2) is 0 Å². The minimum absolute atomic E-state index is 0.256. The maximum atomic E-state index is 12.6. The van der Waals surface area contributed by atoms with Crippen LogP contribution in [0.4, 0.5) is 8.78 Å². The molecule has 74 valence electrons. The Balaban J connectivity index is 2.47. The number of carboxylic acid groups (broad SMARTS) is 1. The van der Waals surface area contributed by atoms with E-state index in [9.17, 15) is 13.6 Å². The van der Waals surface area contributed by atoms with E-state index in [1.54, 1.807) is 0 Å². The zero-order chi connectivity index (χ0) is 10.1. The number of carboxylic acids is 1. The van der Waals surface area contributed by atoms with Crippen molar-refractivity contribution in [3.05, 3.63) is 12.2 Å². The van der Waals surface area contributed by atoms with Crippen molar-refractivity contribution >= 4 is 5.97 Å².